The van der Waals surface area contributed by atoms with Crippen LogP contribution in [0, 0.1) is 0 Å². The highest BCUT2D eigenvalue weighted by Gasteiger charge is 2.30. The van der Waals surface area contributed by atoms with Gasteiger partial charge in [0, 0.05) is 30.9 Å². The van der Waals surface area contributed by atoms with Gasteiger partial charge < -0.3 is 4.90 Å². The van der Waals surface area contributed by atoms with Crippen LogP contribution in [0.25, 0.3) is 11.4 Å². The first-order chi connectivity index (χ1) is 12.7. The maximum Gasteiger partial charge on any atom is 0.223 e. The fourth-order valence-corrected chi connectivity index (χ4v) is 3.36. The summed E-state index contributed by atoms with van der Waals surface area (Å²) in [5.41, 5.74) is 2.13. The van der Waals surface area contributed by atoms with Crippen molar-refractivity contribution in [1.29, 1.82) is 0 Å². The van der Waals surface area contributed by atoms with Crippen LogP contribution in [0.2, 0.25) is 0 Å². The molecule has 1 aliphatic heterocycles. The lowest BCUT2D eigenvalue weighted by Crippen LogP contribution is -2.41. The third-order valence-electron chi connectivity index (χ3n) is 4.82. The van der Waals surface area contributed by atoms with E-state index in [0.717, 1.165) is 29.2 Å². The van der Waals surface area contributed by atoms with Crippen LogP contribution in [0.5, 0.6) is 0 Å². The van der Waals surface area contributed by atoms with E-state index in [2.05, 4.69) is 10.1 Å². The van der Waals surface area contributed by atoms with Crippen LogP contribution < -0.4 is 0 Å². The van der Waals surface area contributed by atoms with Crippen molar-refractivity contribution in [3.63, 3.8) is 0 Å². The highest BCUT2D eigenvalue weighted by Crippen LogP contribution is 2.26. The van der Waals surface area contributed by atoms with E-state index in [1.165, 1.54) is 0 Å². The van der Waals surface area contributed by atoms with E-state index in [0.29, 0.717) is 19.5 Å². The van der Waals surface area contributed by atoms with Crippen LogP contribution >= 0.6 is 0 Å². The van der Waals surface area contributed by atoms with Crippen molar-refractivity contribution in [2.24, 2.45) is 0 Å². The Labute approximate surface area is 152 Å². The molecule has 0 radical (unpaired) electrons. The zero-order valence-electron chi connectivity index (χ0n) is 14.7. The van der Waals surface area contributed by atoms with Crippen LogP contribution in [-0.2, 0) is 17.8 Å². The Bertz CT molecular complexity index is 891. The number of carbonyl (C=O) groups excluding carboxylic acids is 1. The molecule has 4 rings (SSSR count). The molecule has 1 aromatic carbocycles. The summed E-state index contributed by atoms with van der Waals surface area (Å²) in [6.45, 7) is 3.38. The Balaban J connectivity index is 1.48. The minimum Gasteiger partial charge on any atom is -0.331 e. The summed E-state index contributed by atoms with van der Waals surface area (Å²) in [4.78, 5) is 23.4. The topological polar surface area (TPSA) is 63.9 Å². The van der Waals surface area contributed by atoms with Crippen LogP contribution in [0.4, 0.5) is 0 Å². The molecule has 0 fully saturated rings. The van der Waals surface area contributed by atoms with Gasteiger partial charge in [0.25, 0.3) is 0 Å². The van der Waals surface area contributed by atoms with Gasteiger partial charge in [-0.25, -0.2) is 9.67 Å². The predicted molar refractivity (Wildman–Crippen MR) is 98.1 cm³/mol. The first kappa shape index (κ1) is 16.4. The quantitative estimate of drug-likeness (QED) is 0.728. The molecule has 3 heterocycles. The minimum absolute atomic E-state index is 0.0707. The van der Waals surface area contributed by atoms with Gasteiger partial charge in [0.15, 0.2) is 5.82 Å². The van der Waals surface area contributed by atoms with Gasteiger partial charge in [-0.3, -0.25) is 9.78 Å². The molecule has 1 atom stereocenters. The van der Waals surface area contributed by atoms with Crippen LogP contribution in [0.3, 0.4) is 0 Å². The van der Waals surface area contributed by atoms with E-state index in [9.17, 15) is 4.79 Å². The summed E-state index contributed by atoms with van der Waals surface area (Å²) < 4.78 is 1.93. The van der Waals surface area contributed by atoms with Crippen molar-refractivity contribution in [2.75, 3.05) is 6.54 Å². The molecule has 1 aliphatic rings. The molecule has 0 saturated carbocycles. The van der Waals surface area contributed by atoms with Gasteiger partial charge >= 0.3 is 0 Å². The summed E-state index contributed by atoms with van der Waals surface area (Å²) in [5.74, 6) is 1.73. The summed E-state index contributed by atoms with van der Waals surface area (Å²) >= 11 is 0. The largest absolute Gasteiger partial charge is 0.331 e. The summed E-state index contributed by atoms with van der Waals surface area (Å²) in [6, 6.07) is 13.8. The first-order valence-corrected chi connectivity index (χ1v) is 8.91. The molecule has 0 saturated heterocycles. The number of amides is 1. The minimum atomic E-state index is -0.0707. The van der Waals surface area contributed by atoms with Crippen molar-refractivity contribution >= 4 is 5.91 Å². The Morgan fingerprint density at radius 3 is 2.65 bits per heavy atom. The Hall–Kier alpha value is -3.02. The Kier molecular flexibility index (Phi) is 4.48. The van der Waals surface area contributed by atoms with Crippen molar-refractivity contribution in [3.05, 3.63) is 66.2 Å². The second-order valence-electron chi connectivity index (χ2n) is 6.50. The maximum absolute atomic E-state index is 12.7. The Morgan fingerprint density at radius 1 is 1.12 bits per heavy atom. The second kappa shape index (κ2) is 7.07. The van der Waals surface area contributed by atoms with Gasteiger partial charge in [-0.2, -0.15) is 5.10 Å². The van der Waals surface area contributed by atoms with E-state index in [4.69, 9.17) is 4.98 Å². The normalized spacial score (nSPS) is 16.3. The van der Waals surface area contributed by atoms with Crippen molar-refractivity contribution in [3.8, 4) is 11.4 Å². The number of rotatable bonds is 4. The fourth-order valence-electron chi connectivity index (χ4n) is 3.36. The summed E-state index contributed by atoms with van der Waals surface area (Å²) in [7, 11) is 0. The van der Waals surface area contributed by atoms with Crippen molar-refractivity contribution in [1.82, 2.24) is 24.6 Å². The monoisotopic (exact) mass is 347 g/mol. The van der Waals surface area contributed by atoms with Gasteiger partial charge in [-0.1, -0.05) is 30.3 Å². The lowest BCUT2D eigenvalue weighted by Gasteiger charge is -2.33. The predicted octanol–water partition coefficient (Wildman–Crippen LogP) is 2.88. The average molecular weight is 347 g/mol. The molecule has 26 heavy (non-hydrogen) atoms. The molecular formula is C20H21N5O. The molecule has 2 aromatic heterocycles. The lowest BCUT2D eigenvalue weighted by molar-refractivity contribution is -0.134. The summed E-state index contributed by atoms with van der Waals surface area (Å²) in [6.07, 6.45) is 4.74. The van der Waals surface area contributed by atoms with Crippen molar-refractivity contribution in [2.45, 2.75) is 32.4 Å². The number of hydrogen-bond donors (Lipinski definition) is 0. The number of aromatic nitrogens is 4. The number of pyridine rings is 1. The summed E-state index contributed by atoms with van der Waals surface area (Å²) in [5, 5.41) is 4.62. The third kappa shape index (κ3) is 3.22. The van der Waals surface area contributed by atoms with Crippen LogP contribution in [-0.4, -0.2) is 37.1 Å². The molecule has 6 nitrogen and oxygen atoms in total. The number of fused-ring (bicyclic) bond motifs is 1. The smallest absolute Gasteiger partial charge is 0.223 e. The van der Waals surface area contributed by atoms with E-state index >= 15 is 0 Å². The Morgan fingerprint density at radius 2 is 1.88 bits per heavy atom. The van der Waals surface area contributed by atoms with Gasteiger partial charge in [-0.05, 0) is 31.0 Å². The average Bonchev–Trinajstić information content (AvgIpc) is 3.13. The third-order valence-corrected chi connectivity index (χ3v) is 4.82. The van der Waals surface area contributed by atoms with Gasteiger partial charge in [0.05, 0.1) is 12.6 Å². The molecule has 0 aliphatic carbocycles. The van der Waals surface area contributed by atoms with Gasteiger partial charge in [0.1, 0.15) is 5.82 Å². The first-order valence-electron chi connectivity index (χ1n) is 8.91. The van der Waals surface area contributed by atoms with E-state index < -0.39 is 0 Å². The highest BCUT2D eigenvalue weighted by atomic mass is 16.2. The lowest BCUT2D eigenvalue weighted by atomic mass is 10.1. The maximum atomic E-state index is 12.7. The van der Waals surface area contributed by atoms with Gasteiger partial charge in [-0.15, -0.1) is 0 Å². The standard InChI is InChI=1S/C20H21N5O/c1-15-20-22-19(17-5-3-2-4-6-17)23-25(20)14-13-24(15)18(26)8-7-16-9-11-21-12-10-16/h2-6,9-12,15H,7-8,13-14H2,1H3/t15-/m0/s1. The number of benzene rings is 1. The van der Waals surface area contributed by atoms with Gasteiger partial charge in [0.2, 0.25) is 5.91 Å². The zero-order valence-corrected chi connectivity index (χ0v) is 14.7. The van der Waals surface area contributed by atoms with Crippen LogP contribution in [0.15, 0.2) is 54.9 Å². The molecule has 0 spiro atoms. The van der Waals surface area contributed by atoms with E-state index in [1.54, 1.807) is 12.4 Å². The number of nitrogens with zero attached hydrogens (tertiary/aromatic N) is 5. The molecular weight excluding hydrogens is 326 g/mol. The molecule has 0 N–H and O–H groups in total. The molecule has 6 heteroatoms. The second-order valence-corrected chi connectivity index (χ2v) is 6.50. The van der Waals surface area contributed by atoms with E-state index in [1.807, 2.05) is 59.0 Å². The number of hydrogen-bond acceptors (Lipinski definition) is 4. The fraction of sp³-hybridized carbons (Fsp3) is 0.300. The van der Waals surface area contributed by atoms with E-state index in [-0.39, 0.29) is 11.9 Å². The molecule has 0 unspecified atom stereocenters. The molecule has 132 valence electrons. The molecule has 3 aromatic rings. The molecule has 0 bridgehead atoms. The van der Waals surface area contributed by atoms with Crippen LogP contribution in [0.1, 0.15) is 30.8 Å². The SMILES string of the molecule is C[C@H]1c2nc(-c3ccccc3)nn2CCN1C(=O)CCc1ccncc1. The highest BCUT2D eigenvalue weighted by molar-refractivity contribution is 5.77. The molecule has 1 amide bonds. The zero-order chi connectivity index (χ0) is 17.9. The number of aryl methyl sites for hydroxylation is 1. The number of carbonyl (C=O) groups is 1. The van der Waals surface area contributed by atoms with Crippen molar-refractivity contribution < 1.29 is 4.79 Å².